The van der Waals surface area contributed by atoms with Crippen LogP contribution in [0.25, 0.3) is 0 Å². The first kappa shape index (κ1) is 13.4. The van der Waals surface area contributed by atoms with Crippen molar-refractivity contribution in [2.75, 3.05) is 11.9 Å². The standard InChI is InChI=1S/C12H17FN2O2/c1-8-6-9(13)4-5-10(8)14-11(17)15-12(2,3)7-16/h4-6,16H,7H2,1-3H3,(H2,14,15,17). The highest BCUT2D eigenvalue weighted by molar-refractivity contribution is 5.90. The Hall–Kier alpha value is -1.62. The number of hydrogen-bond donors (Lipinski definition) is 3. The van der Waals surface area contributed by atoms with Crippen molar-refractivity contribution in [3.05, 3.63) is 29.6 Å². The van der Waals surface area contributed by atoms with E-state index in [1.807, 2.05) is 0 Å². The van der Waals surface area contributed by atoms with Crippen LogP contribution in [0.2, 0.25) is 0 Å². The van der Waals surface area contributed by atoms with Crippen molar-refractivity contribution in [3.63, 3.8) is 0 Å². The summed E-state index contributed by atoms with van der Waals surface area (Å²) in [7, 11) is 0. The second-order valence-electron chi connectivity index (χ2n) is 4.58. The van der Waals surface area contributed by atoms with Crippen LogP contribution in [0.1, 0.15) is 19.4 Å². The number of aliphatic hydroxyl groups excluding tert-OH is 1. The molecule has 1 aromatic carbocycles. The molecule has 0 aliphatic carbocycles. The van der Waals surface area contributed by atoms with Crippen molar-refractivity contribution in [1.29, 1.82) is 0 Å². The van der Waals surface area contributed by atoms with Gasteiger partial charge in [0.15, 0.2) is 0 Å². The molecule has 94 valence electrons. The Labute approximate surface area is 99.8 Å². The summed E-state index contributed by atoms with van der Waals surface area (Å²) >= 11 is 0. The van der Waals surface area contributed by atoms with E-state index < -0.39 is 11.6 Å². The third-order valence-electron chi connectivity index (χ3n) is 2.28. The zero-order valence-electron chi connectivity index (χ0n) is 10.2. The topological polar surface area (TPSA) is 61.4 Å². The molecule has 3 N–H and O–H groups in total. The van der Waals surface area contributed by atoms with Crippen LogP contribution in [0.5, 0.6) is 0 Å². The summed E-state index contributed by atoms with van der Waals surface area (Å²) in [6.45, 7) is 4.94. The van der Waals surface area contributed by atoms with Gasteiger partial charge in [0.05, 0.1) is 12.1 Å². The van der Waals surface area contributed by atoms with Gasteiger partial charge < -0.3 is 15.7 Å². The number of amides is 2. The van der Waals surface area contributed by atoms with Gasteiger partial charge in [-0.2, -0.15) is 0 Å². The van der Waals surface area contributed by atoms with Crippen molar-refractivity contribution in [1.82, 2.24) is 5.32 Å². The molecular formula is C12H17FN2O2. The fraction of sp³-hybridized carbons (Fsp3) is 0.417. The predicted octanol–water partition coefficient (Wildman–Crippen LogP) is 2.03. The number of nitrogens with one attached hydrogen (secondary N) is 2. The van der Waals surface area contributed by atoms with E-state index >= 15 is 0 Å². The van der Waals surface area contributed by atoms with Gasteiger partial charge in [0.2, 0.25) is 0 Å². The lowest BCUT2D eigenvalue weighted by atomic mass is 10.1. The van der Waals surface area contributed by atoms with Crippen LogP contribution in [0, 0.1) is 12.7 Å². The number of aliphatic hydroxyl groups is 1. The molecule has 4 nitrogen and oxygen atoms in total. The van der Waals surface area contributed by atoms with Gasteiger partial charge in [-0.15, -0.1) is 0 Å². The van der Waals surface area contributed by atoms with Gasteiger partial charge in [-0.3, -0.25) is 0 Å². The third kappa shape index (κ3) is 4.03. The highest BCUT2D eigenvalue weighted by atomic mass is 19.1. The molecule has 0 aliphatic rings. The minimum Gasteiger partial charge on any atom is -0.394 e. The second-order valence-corrected chi connectivity index (χ2v) is 4.58. The minimum atomic E-state index is -0.696. The maximum atomic E-state index is 12.8. The summed E-state index contributed by atoms with van der Waals surface area (Å²) in [5.74, 6) is -0.343. The van der Waals surface area contributed by atoms with E-state index in [1.54, 1.807) is 20.8 Å². The van der Waals surface area contributed by atoms with Crippen LogP contribution in [-0.2, 0) is 0 Å². The second kappa shape index (κ2) is 5.14. The molecule has 0 saturated carbocycles. The first-order valence-electron chi connectivity index (χ1n) is 5.30. The van der Waals surface area contributed by atoms with Crippen molar-refractivity contribution in [2.45, 2.75) is 26.3 Å². The molecule has 2 amide bonds. The van der Waals surface area contributed by atoms with E-state index in [1.165, 1.54) is 18.2 Å². The normalized spacial score (nSPS) is 11.1. The number of hydrogen-bond acceptors (Lipinski definition) is 2. The number of aryl methyl sites for hydroxylation is 1. The summed E-state index contributed by atoms with van der Waals surface area (Å²) in [5, 5.41) is 14.2. The Morgan fingerprint density at radius 1 is 1.47 bits per heavy atom. The molecule has 0 spiro atoms. The van der Waals surface area contributed by atoms with Crippen molar-refractivity contribution < 1.29 is 14.3 Å². The summed E-state index contributed by atoms with van der Waals surface area (Å²) in [6, 6.07) is 3.68. The van der Waals surface area contributed by atoms with E-state index in [0.717, 1.165) is 0 Å². The Morgan fingerprint density at radius 3 is 2.65 bits per heavy atom. The fourth-order valence-corrected chi connectivity index (χ4v) is 1.27. The number of benzene rings is 1. The number of halogens is 1. The SMILES string of the molecule is Cc1cc(F)ccc1NC(=O)NC(C)(C)CO. The van der Waals surface area contributed by atoms with Gasteiger partial charge in [0, 0.05) is 5.69 Å². The molecule has 0 bridgehead atoms. The molecule has 17 heavy (non-hydrogen) atoms. The zero-order chi connectivity index (χ0) is 13.1. The smallest absolute Gasteiger partial charge is 0.319 e. The molecule has 5 heteroatoms. The monoisotopic (exact) mass is 240 g/mol. The first-order valence-corrected chi connectivity index (χ1v) is 5.30. The Morgan fingerprint density at radius 2 is 2.12 bits per heavy atom. The molecule has 0 unspecified atom stereocenters. The maximum absolute atomic E-state index is 12.8. The number of carbonyl (C=O) groups is 1. The lowest BCUT2D eigenvalue weighted by Crippen LogP contribution is -2.48. The molecule has 0 saturated heterocycles. The number of urea groups is 1. The third-order valence-corrected chi connectivity index (χ3v) is 2.28. The Balaban J connectivity index is 2.69. The molecule has 0 fully saturated rings. The predicted molar refractivity (Wildman–Crippen MR) is 64.5 cm³/mol. The Kier molecular flexibility index (Phi) is 4.07. The molecule has 0 radical (unpaired) electrons. The van der Waals surface area contributed by atoms with Crippen molar-refractivity contribution >= 4 is 11.7 Å². The summed E-state index contributed by atoms with van der Waals surface area (Å²) in [5.41, 5.74) is 0.484. The quantitative estimate of drug-likeness (QED) is 0.757. The molecule has 0 aromatic heterocycles. The van der Waals surface area contributed by atoms with Gasteiger partial charge >= 0.3 is 6.03 Å². The van der Waals surface area contributed by atoms with Crippen LogP contribution < -0.4 is 10.6 Å². The van der Waals surface area contributed by atoms with Gasteiger partial charge in [-0.1, -0.05) is 0 Å². The van der Waals surface area contributed by atoms with Gasteiger partial charge in [-0.05, 0) is 44.5 Å². The average Bonchev–Trinajstić information content (AvgIpc) is 2.21. The first-order chi connectivity index (χ1) is 7.84. The maximum Gasteiger partial charge on any atom is 0.319 e. The molecule has 0 aliphatic heterocycles. The van der Waals surface area contributed by atoms with Crippen molar-refractivity contribution in [3.8, 4) is 0 Å². The van der Waals surface area contributed by atoms with E-state index in [0.29, 0.717) is 11.3 Å². The highest BCUT2D eigenvalue weighted by Gasteiger charge is 2.19. The molecule has 0 atom stereocenters. The van der Waals surface area contributed by atoms with E-state index in [4.69, 9.17) is 5.11 Å². The van der Waals surface area contributed by atoms with E-state index in [2.05, 4.69) is 10.6 Å². The van der Waals surface area contributed by atoms with Crippen LogP contribution in [0.3, 0.4) is 0 Å². The molecule has 1 rings (SSSR count). The number of rotatable bonds is 3. The van der Waals surface area contributed by atoms with E-state index in [-0.39, 0.29) is 12.4 Å². The van der Waals surface area contributed by atoms with Gasteiger partial charge in [-0.25, -0.2) is 9.18 Å². The van der Waals surface area contributed by atoms with Gasteiger partial charge in [0.1, 0.15) is 5.82 Å². The van der Waals surface area contributed by atoms with Gasteiger partial charge in [0.25, 0.3) is 0 Å². The average molecular weight is 240 g/mol. The molecular weight excluding hydrogens is 223 g/mol. The number of anilines is 1. The van der Waals surface area contributed by atoms with Crippen LogP contribution in [0.4, 0.5) is 14.9 Å². The zero-order valence-corrected chi connectivity index (χ0v) is 10.2. The van der Waals surface area contributed by atoms with E-state index in [9.17, 15) is 9.18 Å². The van der Waals surface area contributed by atoms with Crippen molar-refractivity contribution in [2.24, 2.45) is 0 Å². The fourth-order valence-electron chi connectivity index (χ4n) is 1.27. The summed E-state index contributed by atoms with van der Waals surface area (Å²) < 4.78 is 12.8. The summed E-state index contributed by atoms with van der Waals surface area (Å²) in [6.07, 6.45) is 0. The largest absolute Gasteiger partial charge is 0.394 e. The molecule has 1 aromatic rings. The van der Waals surface area contributed by atoms with Crippen LogP contribution in [-0.4, -0.2) is 23.3 Å². The lowest BCUT2D eigenvalue weighted by molar-refractivity contribution is 0.187. The van der Waals surface area contributed by atoms with Crippen LogP contribution >= 0.6 is 0 Å². The Bertz CT molecular complexity index is 419. The molecule has 0 heterocycles. The van der Waals surface area contributed by atoms with Crippen LogP contribution in [0.15, 0.2) is 18.2 Å². The minimum absolute atomic E-state index is 0.164. The number of carbonyl (C=O) groups excluding carboxylic acids is 1. The lowest BCUT2D eigenvalue weighted by Gasteiger charge is -2.23. The highest BCUT2D eigenvalue weighted by Crippen LogP contribution is 2.15. The summed E-state index contributed by atoms with van der Waals surface area (Å²) in [4.78, 5) is 11.6.